The minimum Gasteiger partial charge on any atom is -1.00 e. The average Bonchev–Trinajstić information content (AvgIpc) is 3.19. The molecule has 0 aliphatic heterocycles. The van der Waals surface area contributed by atoms with Crippen LogP contribution in [-0.2, 0) is 39.0 Å². The van der Waals surface area contributed by atoms with Crippen LogP contribution < -0.4 is 24.8 Å². The first kappa shape index (κ1) is 41.6. The Morgan fingerprint density at radius 3 is 1.74 bits per heavy atom. The zero-order valence-corrected chi connectivity index (χ0v) is 23.6. The largest absolute Gasteiger partial charge is 1.00 e. The normalized spacial score (nSPS) is 8.96. The van der Waals surface area contributed by atoms with Gasteiger partial charge in [0.15, 0.2) is 0 Å². The molecule has 8 radical (unpaired) electrons. The van der Waals surface area contributed by atoms with E-state index in [0.717, 1.165) is 0 Å². The molecular formula is C21H28Cl2Si3Zr-8. The quantitative estimate of drug-likeness (QED) is 0.264. The van der Waals surface area contributed by atoms with Crippen LogP contribution in [0.15, 0.2) is 60.7 Å². The molecule has 0 heterocycles. The van der Waals surface area contributed by atoms with Crippen molar-refractivity contribution < 1.29 is 51.0 Å². The van der Waals surface area contributed by atoms with Crippen LogP contribution in [0.3, 0.4) is 0 Å². The molecule has 0 atom stereocenters. The van der Waals surface area contributed by atoms with Gasteiger partial charge >= 0.3 is 0 Å². The van der Waals surface area contributed by atoms with Gasteiger partial charge in [-0.1, -0.05) is 11.1 Å². The molecule has 0 unspecified atom stereocenters. The molecule has 0 saturated carbocycles. The van der Waals surface area contributed by atoms with E-state index in [-0.39, 0.29) is 80.7 Å². The second kappa shape index (κ2) is 24.3. The topological polar surface area (TPSA) is 0 Å². The van der Waals surface area contributed by atoms with E-state index in [2.05, 4.69) is 49.9 Å². The molecule has 1 aliphatic carbocycles. The molecule has 27 heavy (non-hydrogen) atoms. The summed E-state index contributed by atoms with van der Waals surface area (Å²) in [5.41, 5.74) is 3.16. The summed E-state index contributed by atoms with van der Waals surface area (Å²) in [4.78, 5) is 0. The summed E-state index contributed by atoms with van der Waals surface area (Å²) in [6.07, 6.45) is 3.93. The van der Waals surface area contributed by atoms with Gasteiger partial charge < -0.3 is 54.5 Å². The first-order valence-electron chi connectivity index (χ1n) is 6.77. The summed E-state index contributed by atoms with van der Waals surface area (Å²) in [7, 11) is 6.94. The van der Waals surface area contributed by atoms with Crippen molar-refractivity contribution >= 4 is 38.8 Å². The van der Waals surface area contributed by atoms with E-state index in [0.29, 0.717) is 8.55 Å². The molecule has 0 N–H and O–H groups in total. The Morgan fingerprint density at radius 1 is 0.815 bits per heavy atom. The summed E-state index contributed by atoms with van der Waals surface area (Å²) in [6, 6.07) is 21.3. The third-order valence-electron chi connectivity index (χ3n) is 3.40. The molecular weight excluding hydrogens is 499 g/mol. The summed E-state index contributed by atoms with van der Waals surface area (Å²) in [5.74, 6) is 0. The van der Waals surface area contributed by atoms with Gasteiger partial charge in [0.25, 0.3) is 0 Å². The zero-order chi connectivity index (χ0) is 14.2. The molecule has 150 valence electrons. The zero-order valence-electron chi connectivity index (χ0n) is 16.7. The molecule has 0 nitrogen and oxygen atoms in total. The van der Waals surface area contributed by atoms with Crippen LogP contribution >= 0.6 is 0 Å². The summed E-state index contributed by atoms with van der Waals surface area (Å²) >= 11 is 0. The number of aryl methyl sites for hydroxylation is 2. The minimum absolute atomic E-state index is 0. The summed E-state index contributed by atoms with van der Waals surface area (Å²) in [5, 5.41) is 2.83. The van der Waals surface area contributed by atoms with Gasteiger partial charge in [0.2, 0.25) is 0 Å². The number of hydrogen-bond acceptors (Lipinski definition) is 0. The Kier molecular flexibility index (Phi) is 37.5. The number of rotatable bonds is 0. The van der Waals surface area contributed by atoms with Crippen molar-refractivity contribution in [2.24, 2.45) is 0 Å². The van der Waals surface area contributed by atoms with Gasteiger partial charge in [-0.25, -0.2) is 12.1 Å². The van der Waals surface area contributed by atoms with Gasteiger partial charge in [-0.3, -0.25) is 0 Å². The second-order valence-corrected chi connectivity index (χ2v) is 7.97. The Morgan fingerprint density at radius 2 is 1.30 bits per heavy atom. The third-order valence-corrected chi connectivity index (χ3v) is 3.40. The maximum Gasteiger partial charge on any atom is 0 e. The average molecular weight is 527 g/mol. The number of benzene rings is 1. The van der Waals surface area contributed by atoms with E-state index in [1.54, 1.807) is 11.1 Å². The third kappa shape index (κ3) is 14.0. The van der Waals surface area contributed by atoms with E-state index in [4.69, 9.17) is 0 Å². The Bertz CT molecular complexity index is 570. The van der Waals surface area contributed by atoms with Gasteiger partial charge in [-0.2, -0.15) is 30.3 Å². The van der Waals surface area contributed by atoms with Crippen molar-refractivity contribution in [2.45, 2.75) is 19.3 Å². The Balaban J connectivity index is -0.0000000653. The molecule has 0 spiro atoms. The maximum absolute atomic E-state index is 3.12. The van der Waals surface area contributed by atoms with E-state index >= 15 is 0 Å². The molecule has 0 amide bonds. The van der Waals surface area contributed by atoms with Crippen LogP contribution in [0.25, 0.3) is 10.8 Å². The van der Waals surface area contributed by atoms with Crippen LogP contribution in [0.2, 0.25) is 0 Å². The van der Waals surface area contributed by atoms with Crippen molar-refractivity contribution in [3.63, 3.8) is 0 Å². The molecule has 3 aromatic carbocycles. The maximum atomic E-state index is 3.12. The van der Waals surface area contributed by atoms with Crippen LogP contribution in [0, 0.1) is 29.7 Å². The fourth-order valence-corrected chi connectivity index (χ4v) is 2.53. The minimum atomic E-state index is 0. The van der Waals surface area contributed by atoms with Crippen LogP contribution in [-0.4, -0.2) is 28.1 Å². The van der Waals surface area contributed by atoms with Crippen molar-refractivity contribution in [2.75, 3.05) is 0 Å². The standard InChI is InChI=1S/C12H11.C5H5.4CH3.2ClH.Si3.Zr/c1-3-9-7-11-5-2-6-12(11)8-10(9)4-1;1-2-4-5-3-1;;;;;;;1-3-2;/h1,3-4,7-8H,2,5-6H2;1-5H;4*1H3;2*1H;;/q6*-1;;;;/p-2. The predicted molar refractivity (Wildman–Crippen MR) is 117 cm³/mol. The molecule has 0 aromatic heterocycles. The van der Waals surface area contributed by atoms with E-state index in [1.807, 2.05) is 30.3 Å². The number of fused-ring (bicyclic) bond motifs is 2. The molecule has 0 fully saturated rings. The van der Waals surface area contributed by atoms with E-state index in [9.17, 15) is 0 Å². The Labute approximate surface area is 209 Å². The van der Waals surface area contributed by atoms with Crippen LogP contribution in [0.1, 0.15) is 17.5 Å². The fourth-order valence-electron chi connectivity index (χ4n) is 2.53. The van der Waals surface area contributed by atoms with Gasteiger partial charge in [0.1, 0.15) is 0 Å². The second-order valence-electron chi connectivity index (χ2n) is 4.72. The molecule has 1 aliphatic rings. The van der Waals surface area contributed by atoms with Gasteiger partial charge in [0, 0.05) is 54.3 Å². The van der Waals surface area contributed by atoms with Gasteiger partial charge in [-0.05, 0) is 19.3 Å². The summed E-state index contributed by atoms with van der Waals surface area (Å²) in [6.45, 7) is 0. The molecule has 3 aromatic rings. The molecule has 6 heteroatoms. The SMILES string of the molecule is [CH3-].[CH3-].[CH3-].[CH3-].[Cl-].[Cl-].[Si][Si][Si].[Zr].c1cc2cc3c(cc2[cH-]1)CCC3.c1cc[cH-]c1. The number of halogens is 2. The fraction of sp³-hybridized carbons (Fsp3) is 0.143. The summed E-state index contributed by atoms with van der Waals surface area (Å²) < 4.78 is 0. The first-order chi connectivity index (χ1) is 9.85. The monoisotopic (exact) mass is 524 g/mol. The van der Waals surface area contributed by atoms with Gasteiger partial charge in [-0.15, -0.1) is 29.0 Å². The van der Waals surface area contributed by atoms with Crippen molar-refractivity contribution in [1.29, 1.82) is 0 Å². The smallest absolute Gasteiger partial charge is 0 e. The van der Waals surface area contributed by atoms with Crippen molar-refractivity contribution in [3.8, 4) is 0 Å². The van der Waals surface area contributed by atoms with Crippen molar-refractivity contribution in [1.82, 2.24) is 0 Å². The first-order valence-corrected chi connectivity index (χ1v) is 10.8. The van der Waals surface area contributed by atoms with Crippen LogP contribution in [0.5, 0.6) is 0 Å². The molecule has 4 rings (SSSR count). The number of hydrogen-bond donors (Lipinski definition) is 0. The van der Waals surface area contributed by atoms with E-state index in [1.165, 1.54) is 30.0 Å². The molecule has 0 saturated heterocycles. The Hall–Kier alpha value is 0.294. The predicted octanol–water partition coefficient (Wildman–Crippen LogP) is -0.883. The molecule has 0 bridgehead atoms. The van der Waals surface area contributed by atoms with Gasteiger partial charge in [0.05, 0.1) is 0 Å². The van der Waals surface area contributed by atoms with Crippen molar-refractivity contribution in [3.05, 3.63) is 101 Å². The van der Waals surface area contributed by atoms with E-state index < -0.39 is 0 Å². The van der Waals surface area contributed by atoms with Crippen LogP contribution in [0.4, 0.5) is 0 Å².